The van der Waals surface area contributed by atoms with Crippen molar-refractivity contribution in [3.8, 4) is 0 Å². The molecule has 7 nitrogen and oxygen atoms in total. The highest BCUT2D eigenvalue weighted by atomic mass is 16.6. The van der Waals surface area contributed by atoms with Crippen LogP contribution in [0, 0.1) is 0 Å². The second-order valence-corrected chi connectivity index (χ2v) is 6.77. The van der Waals surface area contributed by atoms with Gasteiger partial charge < -0.3 is 19.3 Å². The predicted octanol–water partition coefficient (Wildman–Crippen LogP) is 3.16. The lowest BCUT2D eigenvalue weighted by atomic mass is 9.95. The Morgan fingerprint density at radius 3 is 2.46 bits per heavy atom. The Kier molecular flexibility index (Phi) is 8.19. The molecule has 1 unspecified atom stereocenters. The molecule has 1 saturated heterocycles. The summed E-state index contributed by atoms with van der Waals surface area (Å²) in [6.07, 6.45) is 3.49. The van der Waals surface area contributed by atoms with Gasteiger partial charge in [0.1, 0.15) is 12.7 Å². The minimum atomic E-state index is -1.07. The minimum Gasteiger partial charge on any atom is -0.478 e. The van der Waals surface area contributed by atoms with Gasteiger partial charge in [-0.25, -0.2) is 14.4 Å². The van der Waals surface area contributed by atoms with E-state index in [4.69, 9.17) is 14.2 Å². The lowest BCUT2D eigenvalue weighted by molar-refractivity contribution is -0.139. The van der Waals surface area contributed by atoms with Gasteiger partial charge in [0.05, 0.1) is 24.3 Å². The van der Waals surface area contributed by atoms with Gasteiger partial charge in [0.25, 0.3) is 0 Å². The molecule has 1 aliphatic heterocycles. The van der Waals surface area contributed by atoms with Crippen molar-refractivity contribution >= 4 is 17.9 Å². The van der Waals surface area contributed by atoms with Gasteiger partial charge in [-0.2, -0.15) is 0 Å². The van der Waals surface area contributed by atoms with Crippen LogP contribution in [0.15, 0.2) is 30.4 Å². The standard InChI is InChI=1S/C21H26O7/c1-14(2)20(24)26-11-6-4-3-5-8-16-17(19(22)23)9-7-10-18(16)21(25)28-13-15-12-27-15/h7,9-10,15H,1,3-6,8,11-13H2,2H3,(H,22,23). The highest BCUT2D eigenvalue weighted by molar-refractivity contribution is 5.97. The molecule has 1 fully saturated rings. The van der Waals surface area contributed by atoms with E-state index in [0.29, 0.717) is 37.2 Å². The monoisotopic (exact) mass is 390 g/mol. The van der Waals surface area contributed by atoms with E-state index >= 15 is 0 Å². The second kappa shape index (κ2) is 10.6. The van der Waals surface area contributed by atoms with Gasteiger partial charge in [0.15, 0.2) is 0 Å². The SMILES string of the molecule is C=C(C)C(=O)OCCCCCCc1c(C(=O)O)cccc1C(=O)OCC1CO1. The lowest BCUT2D eigenvalue weighted by Crippen LogP contribution is -2.15. The molecule has 1 N–H and O–H groups in total. The van der Waals surface area contributed by atoms with Crippen LogP contribution in [-0.2, 0) is 25.4 Å². The zero-order valence-corrected chi connectivity index (χ0v) is 16.1. The number of carbonyl (C=O) groups is 3. The maximum Gasteiger partial charge on any atom is 0.338 e. The van der Waals surface area contributed by atoms with Crippen LogP contribution in [0.5, 0.6) is 0 Å². The van der Waals surface area contributed by atoms with Crippen molar-refractivity contribution in [2.45, 2.75) is 45.1 Å². The van der Waals surface area contributed by atoms with Crippen LogP contribution in [0.25, 0.3) is 0 Å². The molecular formula is C21H26O7. The average Bonchev–Trinajstić information content (AvgIpc) is 3.49. The number of epoxide rings is 1. The van der Waals surface area contributed by atoms with Crippen LogP contribution in [0.4, 0.5) is 0 Å². The van der Waals surface area contributed by atoms with Crippen molar-refractivity contribution in [1.29, 1.82) is 0 Å². The number of hydrogen-bond donors (Lipinski definition) is 1. The highest BCUT2D eigenvalue weighted by Gasteiger charge is 2.26. The molecule has 1 heterocycles. The molecule has 1 aromatic rings. The molecule has 2 rings (SSSR count). The zero-order valence-electron chi connectivity index (χ0n) is 16.1. The molecule has 1 atom stereocenters. The first-order valence-corrected chi connectivity index (χ1v) is 9.36. The Balaban J connectivity index is 1.86. The fraction of sp³-hybridized carbons (Fsp3) is 0.476. The van der Waals surface area contributed by atoms with Gasteiger partial charge in [-0.3, -0.25) is 0 Å². The molecule has 0 radical (unpaired) electrons. The second-order valence-electron chi connectivity index (χ2n) is 6.77. The minimum absolute atomic E-state index is 0.0472. The van der Waals surface area contributed by atoms with E-state index in [0.717, 1.165) is 19.3 Å². The summed E-state index contributed by atoms with van der Waals surface area (Å²) < 4.78 is 15.3. The summed E-state index contributed by atoms with van der Waals surface area (Å²) in [4.78, 5) is 35.2. The first kappa shape index (κ1) is 21.6. The van der Waals surface area contributed by atoms with E-state index in [1.54, 1.807) is 19.1 Å². The summed E-state index contributed by atoms with van der Waals surface area (Å²) in [5.41, 5.74) is 1.27. The average molecular weight is 390 g/mol. The van der Waals surface area contributed by atoms with Crippen molar-refractivity contribution < 1.29 is 33.7 Å². The van der Waals surface area contributed by atoms with Gasteiger partial charge in [-0.15, -0.1) is 0 Å². The number of aromatic carboxylic acids is 1. The van der Waals surface area contributed by atoms with Crippen molar-refractivity contribution in [3.63, 3.8) is 0 Å². The fourth-order valence-corrected chi connectivity index (χ4v) is 2.70. The van der Waals surface area contributed by atoms with E-state index in [1.807, 2.05) is 0 Å². The predicted molar refractivity (Wildman–Crippen MR) is 101 cm³/mol. The molecule has 7 heteroatoms. The molecular weight excluding hydrogens is 364 g/mol. The van der Waals surface area contributed by atoms with Gasteiger partial charge in [-0.1, -0.05) is 25.5 Å². The van der Waals surface area contributed by atoms with Crippen LogP contribution in [0.3, 0.4) is 0 Å². The summed E-state index contributed by atoms with van der Waals surface area (Å²) in [5.74, 6) is -1.99. The number of carbonyl (C=O) groups excluding carboxylic acids is 2. The third kappa shape index (κ3) is 6.81. The lowest BCUT2D eigenvalue weighted by Gasteiger charge is -2.12. The first-order chi connectivity index (χ1) is 13.4. The summed E-state index contributed by atoms with van der Waals surface area (Å²) in [5, 5.41) is 9.44. The van der Waals surface area contributed by atoms with E-state index in [-0.39, 0.29) is 23.8 Å². The number of ether oxygens (including phenoxy) is 3. The van der Waals surface area contributed by atoms with Crippen LogP contribution in [0.2, 0.25) is 0 Å². The smallest absolute Gasteiger partial charge is 0.338 e. The summed E-state index contributed by atoms with van der Waals surface area (Å²) in [6.45, 7) is 6.21. The third-order valence-corrected chi connectivity index (χ3v) is 4.33. The molecule has 0 saturated carbocycles. The Bertz CT molecular complexity index is 734. The van der Waals surface area contributed by atoms with Gasteiger partial charge in [-0.05, 0) is 43.9 Å². The van der Waals surface area contributed by atoms with Gasteiger partial charge in [0.2, 0.25) is 0 Å². The van der Waals surface area contributed by atoms with E-state index in [2.05, 4.69) is 6.58 Å². The molecule has 1 aliphatic rings. The third-order valence-electron chi connectivity index (χ3n) is 4.33. The molecule has 0 spiro atoms. The van der Waals surface area contributed by atoms with Crippen LogP contribution in [0.1, 0.15) is 58.9 Å². The van der Waals surface area contributed by atoms with Crippen molar-refractivity contribution in [1.82, 2.24) is 0 Å². The highest BCUT2D eigenvalue weighted by Crippen LogP contribution is 2.21. The Hall–Kier alpha value is -2.67. The Labute approximate surface area is 164 Å². The van der Waals surface area contributed by atoms with Crippen LogP contribution in [-0.4, -0.2) is 48.9 Å². The quantitative estimate of drug-likeness (QED) is 0.253. The van der Waals surface area contributed by atoms with E-state index < -0.39 is 17.9 Å². The van der Waals surface area contributed by atoms with Gasteiger partial charge >= 0.3 is 17.9 Å². The Morgan fingerprint density at radius 2 is 1.82 bits per heavy atom. The largest absolute Gasteiger partial charge is 0.478 e. The number of rotatable bonds is 12. The molecule has 0 amide bonds. The normalized spacial score (nSPS) is 15.0. The maximum atomic E-state index is 12.3. The van der Waals surface area contributed by atoms with Crippen LogP contribution < -0.4 is 0 Å². The van der Waals surface area contributed by atoms with Crippen molar-refractivity contribution in [2.24, 2.45) is 0 Å². The fourth-order valence-electron chi connectivity index (χ4n) is 2.70. The van der Waals surface area contributed by atoms with Crippen LogP contribution >= 0.6 is 0 Å². The number of esters is 2. The molecule has 152 valence electrons. The molecule has 0 bridgehead atoms. The number of benzene rings is 1. The molecule has 28 heavy (non-hydrogen) atoms. The van der Waals surface area contributed by atoms with Gasteiger partial charge in [0, 0.05) is 5.57 Å². The number of unbranched alkanes of at least 4 members (excludes halogenated alkanes) is 3. The Morgan fingerprint density at radius 1 is 1.14 bits per heavy atom. The van der Waals surface area contributed by atoms with E-state index in [9.17, 15) is 19.5 Å². The molecule has 1 aromatic carbocycles. The topological polar surface area (TPSA) is 102 Å². The summed E-state index contributed by atoms with van der Waals surface area (Å²) in [7, 11) is 0. The van der Waals surface area contributed by atoms with E-state index in [1.165, 1.54) is 6.07 Å². The summed E-state index contributed by atoms with van der Waals surface area (Å²) >= 11 is 0. The number of carboxylic acids is 1. The zero-order chi connectivity index (χ0) is 20.5. The molecule has 0 aromatic heterocycles. The molecule has 0 aliphatic carbocycles. The first-order valence-electron chi connectivity index (χ1n) is 9.36. The summed E-state index contributed by atoms with van der Waals surface area (Å²) in [6, 6.07) is 4.64. The van der Waals surface area contributed by atoms with Crippen molar-refractivity contribution in [2.75, 3.05) is 19.8 Å². The number of carboxylic acid groups (broad SMARTS) is 1. The maximum absolute atomic E-state index is 12.3. The number of hydrogen-bond acceptors (Lipinski definition) is 6. The van der Waals surface area contributed by atoms with Crippen molar-refractivity contribution in [3.05, 3.63) is 47.0 Å².